The lowest BCUT2D eigenvalue weighted by molar-refractivity contribution is -0.137. The topological polar surface area (TPSA) is 70.1 Å². The number of carbonyl (C=O) groups is 2. The van der Waals surface area contributed by atoms with Gasteiger partial charge in [0.15, 0.2) is 0 Å². The summed E-state index contributed by atoms with van der Waals surface area (Å²) >= 11 is 0. The average molecular weight is 230 g/mol. The second-order valence-electron chi connectivity index (χ2n) is 4.01. The van der Waals surface area contributed by atoms with Gasteiger partial charge < -0.3 is 19.6 Å². The van der Waals surface area contributed by atoms with E-state index in [0.717, 1.165) is 6.42 Å². The second-order valence-corrected chi connectivity index (χ2v) is 4.01. The van der Waals surface area contributed by atoms with Crippen molar-refractivity contribution in [3.63, 3.8) is 0 Å². The van der Waals surface area contributed by atoms with E-state index in [9.17, 15) is 9.59 Å². The Morgan fingerprint density at radius 3 is 2.88 bits per heavy atom. The number of hydrogen-bond acceptors (Lipinski definition) is 3. The lowest BCUT2D eigenvalue weighted by Gasteiger charge is -2.26. The van der Waals surface area contributed by atoms with Crippen molar-refractivity contribution in [1.29, 1.82) is 0 Å². The molecule has 1 saturated heterocycles. The molecule has 1 aliphatic heterocycles. The Morgan fingerprint density at radius 2 is 2.25 bits per heavy atom. The smallest absolute Gasteiger partial charge is 0.323 e. The van der Waals surface area contributed by atoms with Crippen molar-refractivity contribution in [2.24, 2.45) is 0 Å². The molecule has 1 aliphatic rings. The Balaban J connectivity index is 2.53. The number of urea groups is 1. The largest absolute Gasteiger partial charge is 0.480 e. The Morgan fingerprint density at radius 1 is 1.56 bits per heavy atom. The summed E-state index contributed by atoms with van der Waals surface area (Å²) in [5, 5.41) is 8.60. The standard InChI is InChI=1S/C10H18N2O4/c1-8-6-12(4-3-5-16-8)10(15)11(2)7-9(13)14/h8H,3-7H2,1-2H3,(H,13,14). The summed E-state index contributed by atoms with van der Waals surface area (Å²) in [4.78, 5) is 25.2. The highest BCUT2D eigenvalue weighted by molar-refractivity contribution is 5.79. The molecule has 0 aromatic carbocycles. The molecule has 0 bridgehead atoms. The van der Waals surface area contributed by atoms with Crippen LogP contribution in [-0.4, -0.2) is 66.3 Å². The fourth-order valence-electron chi connectivity index (χ4n) is 1.68. The van der Waals surface area contributed by atoms with E-state index in [2.05, 4.69) is 0 Å². The zero-order chi connectivity index (χ0) is 12.1. The van der Waals surface area contributed by atoms with Crippen molar-refractivity contribution >= 4 is 12.0 Å². The van der Waals surface area contributed by atoms with Gasteiger partial charge in [-0.05, 0) is 13.3 Å². The van der Waals surface area contributed by atoms with Gasteiger partial charge >= 0.3 is 12.0 Å². The van der Waals surface area contributed by atoms with Crippen molar-refractivity contribution in [1.82, 2.24) is 9.80 Å². The van der Waals surface area contributed by atoms with E-state index in [1.807, 2.05) is 6.92 Å². The molecule has 6 heteroatoms. The van der Waals surface area contributed by atoms with Crippen molar-refractivity contribution < 1.29 is 19.4 Å². The molecule has 1 atom stereocenters. The predicted molar refractivity (Wildman–Crippen MR) is 57.3 cm³/mol. The highest BCUT2D eigenvalue weighted by atomic mass is 16.5. The first-order valence-corrected chi connectivity index (χ1v) is 5.34. The van der Waals surface area contributed by atoms with Crippen LogP contribution in [-0.2, 0) is 9.53 Å². The van der Waals surface area contributed by atoms with Crippen LogP contribution in [0.1, 0.15) is 13.3 Å². The number of amides is 2. The Hall–Kier alpha value is -1.30. The van der Waals surface area contributed by atoms with E-state index in [0.29, 0.717) is 19.7 Å². The fourth-order valence-corrected chi connectivity index (χ4v) is 1.68. The van der Waals surface area contributed by atoms with Crippen LogP contribution in [0.3, 0.4) is 0 Å². The van der Waals surface area contributed by atoms with Gasteiger partial charge in [-0.15, -0.1) is 0 Å². The molecule has 92 valence electrons. The summed E-state index contributed by atoms with van der Waals surface area (Å²) in [5.41, 5.74) is 0. The van der Waals surface area contributed by atoms with Crippen LogP contribution in [0, 0.1) is 0 Å². The van der Waals surface area contributed by atoms with Crippen molar-refractivity contribution in [2.75, 3.05) is 33.3 Å². The Labute approximate surface area is 94.8 Å². The molecule has 1 heterocycles. The zero-order valence-electron chi connectivity index (χ0n) is 9.68. The van der Waals surface area contributed by atoms with Gasteiger partial charge in [0, 0.05) is 26.7 Å². The van der Waals surface area contributed by atoms with Crippen LogP contribution >= 0.6 is 0 Å². The van der Waals surface area contributed by atoms with Crippen molar-refractivity contribution in [3.05, 3.63) is 0 Å². The van der Waals surface area contributed by atoms with E-state index in [-0.39, 0.29) is 18.7 Å². The van der Waals surface area contributed by atoms with Crippen LogP contribution < -0.4 is 0 Å². The Kier molecular flexibility index (Phi) is 4.54. The van der Waals surface area contributed by atoms with E-state index >= 15 is 0 Å². The third-order valence-electron chi connectivity index (χ3n) is 2.42. The lowest BCUT2D eigenvalue weighted by atomic mass is 10.3. The summed E-state index contributed by atoms with van der Waals surface area (Å²) in [6.45, 7) is 3.41. The van der Waals surface area contributed by atoms with Crippen LogP contribution in [0.25, 0.3) is 0 Å². The molecule has 0 radical (unpaired) electrons. The number of carboxylic acid groups (broad SMARTS) is 1. The molecule has 1 rings (SSSR count). The van der Waals surface area contributed by atoms with Gasteiger partial charge in [0.2, 0.25) is 0 Å². The molecule has 0 aromatic heterocycles. The predicted octanol–water partition coefficient (Wildman–Crippen LogP) is 0.234. The maximum atomic E-state index is 11.9. The number of nitrogens with zero attached hydrogens (tertiary/aromatic N) is 2. The number of ether oxygens (including phenoxy) is 1. The number of likely N-dealkylation sites (N-methyl/N-ethyl adjacent to an activating group) is 1. The molecule has 1 fully saturated rings. The van der Waals surface area contributed by atoms with Crippen LogP contribution in [0.2, 0.25) is 0 Å². The SMILES string of the molecule is CC1CN(C(=O)N(C)CC(=O)O)CCCO1. The van der Waals surface area contributed by atoms with Gasteiger partial charge in [-0.3, -0.25) is 4.79 Å². The highest BCUT2D eigenvalue weighted by Crippen LogP contribution is 2.07. The maximum Gasteiger partial charge on any atom is 0.323 e. The third-order valence-corrected chi connectivity index (χ3v) is 2.42. The minimum Gasteiger partial charge on any atom is -0.480 e. The minimum atomic E-state index is -1.00. The number of aliphatic carboxylic acids is 1. The number of rotatable bonds is 2. The van der Waals surface area contributed by atoms with E-state index < -0.39 is 5.97 Å². The van der Waals surface area contributed by atoms with Crippen LogP contribution in [0.5, 0.6) is 0 Å². The minimum absolute atomic E-state index is 0.00433. The van der Waals surface area contributed by atoms with E-state index in [1.165, 1.54) is 11.9 Å². The van der Waals surface area contributed by atoms with Gasteiger partial charge in [0.1, 0.15) is 6.54 Å². The quantitative estimate of drug-likeness (QED) is 0.737. The number of carboxylic acids is 1. The summed E-state index contributed by atoms with van der Waals surface area (Å²) < 4.78 is 5.42. The number of hydrogen-bond donors (Lipinski definition) is 1. The second kappa shape index (κ2) is 5.69. The highest BCUT2D eigenvalue weighted by Gasteiger charge is 2.23. The summed E-state index contributed by atoms with van der Waals surface area (Å²) in [7, 11) is 1.49. The molecular formula is C10H18N2O4. The molecule has 0 aromatic rings. The fraction of sp³-hybridized carbons (Fsp3) is 0.800. The first-order chi connectivity index (χ1) is 7.50. The van der Waals surface area contributed by atoms with Gasteiger partial charge in [0.25, 0.3) is 0 Å². The summed E-state index contributed by atoms with van der Waals surface area (Å²) in [5.74, 6) is -1.00. The summed E-state index contributed by atoms with van der Waals surface area (Å²) in [6.07, 6.45) is 0.793. The average Bonchev–Trinajstić information content (AvgIpc) is 2.40. The zero-order valence-corrected chi connectivity index (χ0v) is 9.68. The number of carbonyl (C=O) groups excluding carboxylic acids is 1. The molecule has 1 N–H and O–H groups in total. The molecule has 0 saturated carbocycles. The normalized spacial score (nSPS) is 21.4. The molecular weight excluding hydrogens is 212 g/mol. The molecule has 1 unspecified atom stereocenters. The molecule has 2 amide bonds. The first kappa shape index (κ1) is 12.8. The molecule has 0 spiro atoms. The maximum absolute atomic E-state index is 11.9. The lowest BCUT2D eigenvalue weighted by Crippen LogP contribution is -2.45. The third kappa shape index (κ3) is 3.69. The Bertz CT molecular complexity index is 270. The van der Waals surface area contributed by atoms with Gasteiger partial charge in [-0.1, -0.05) is 0 Å². The van der Waals surface area contributed by atoms with E-state index in [1.54, 1.807) is 4.90 Å². The molecule has 16 heavy (non-hydrogen) atoms. The monoisotopic (exact) mass is 230 g/mol. The first-order valence-electron chi connectivity index (χ1n) is 5.34. The molecule has 6 nitrogen and oxygen atoms in total. The van der Waals surface area contributed by atoms with Crippen molar-refractivity contribution in [3.8, 4) is 0 Å². The van der Waals surface area contributed by atoms with Crippen molar-refractivity contribution in [2.45, 2.75) is 19.4 Å². The van der Waals surface area contributed by atoms with Crippen LogP contribution in [0.15, 0.2) is 0 Å². The van der Waals surface area contributed by atoms with Gasteiger partial charge in [-0.2, -0.15) is 0 Å². The van der Waals surface area contributed by atoms with E-state index in [4.69, 9.17) is 9.84 Å². The van der Waals surface area contributed by atoms with Gasteiger partial charge in [-0.25, -0.2) is 4.79 Å². The van der Waals surface area contributed by atoms with Gasteiger partial charge in [0.05, 0.1) is 6.10 Å². The molecule has 0 aliphatic carbocycles. The summed E-state index contributed by atoms with van der Waals surface area (Å²) in [6, 6.07) is -0.250. The van der Waals surface area contributed by atoms with Crippen LogP contribution in [0.4, 0.5) is 4.79 Å².